The number of methoxy groups -OCH3 is 1. The second-order valence-corrected chi connectivity index (χ2v) is 7.00. The number of aryl methyl sites for hydroxylation is 1. The summed E-state index contributed by atoms with van der Waals surface area (Å²) in [4.78, 5) is 26.9. The number of benzene rings is 1. The van der Waals surface area contributed by atoms with E-state index in [2.05, 4.69) is 24.5 Å². The smallest absolute Gasteiger partial charge is 0.322 e. The monoisotopic (exact) mass is 347 g/mol. The minimum atomic E-state index is -0.435. The van der Waals surface area contributed by atoms with Crippen LogP contribution < -0.4 is 15.4 Å². The van der Waals surface area contributed by atoms with Crippen molar-refractivity contribution in [2.75, 3.05) is 25.5 Å². The summed E-state index contributed by atoms with van der Waals surface area (Å²) < 4.78 is 5.43. The van der Waals surface area contributed by atoms with Crippen molar-refractivity contribution in [1.29, 1.82) is 0 Å². The van der Waals surface area contributed by atoms with Gasteiger partial charge in [0.1, 0.15) is 11.8 Å². The topological polar surface area (TPSA) is 70.7 Å². The Hall–Kier alpha value is -2.24. The third-order valence-corrected chi connectivity index (χ3v) is 4.56. The van der Waals surface area contributed by atoms with E-state index < -0.39 is 6.04 Å². The molecule has 0 unspecified atom stereocenters. The Morgan fingerprint density at radius 1 is 1.40 bits per heavy atom. The molecule has 2 rings (SSSR count). The van der Waals surface area contributed by atoms with Crippen LogP contribution in [0.1, 0.15) is 37.8 Å². The third-order valence-electron chi connectivity index (χ3n) is 4.56. The van der Waals surface area contributed by atoms with E-state index in [1.54, 1.807) is 12.0 Å². The number of rotatable bonds is 4. The van der Waals surface area contributed by atoms with Crippen molar-refractivity contribution in [3.63, 3.8) is 0 Å². The second-order valence-electron chi connectivity index (χ2n) is 7.00. The first-order chi connectivity index (χ1) is 11.8. The highest BCUT2D eigenvalue weighted by molar-refractivity contribution is 5.94. The number of carbonyl (C=O) groups excluding carboxylic acids is 2. The van der Waals surface area contributed by atoms with Gasteiger partial charge in [-0.15, -0.1) is 0 Å². The van der Waals surface area contributed by atoms with Crippen LogP contribution in [0.2, 0.25) is 0 Å². The molecule has 1 saturated heterocycles. The first kappa shape index (κ1) is 19.1. The molecule has 1 aromatic rings. The molecule has 0 radical (unpaired) electrons. The van der Waals surface area contributed by atoms with E-state index in [1.807, 2.05) is 26.0 Å². The molecule has 1 aromatic carbocycles. The van der Waals surface area contributed by atoms with Gasteiger partial charge in [0, 0.05) is 24.3 Å². The van der Waals surface area contributed by atoms with E-state index in [1.165, 1.54) is 0 Å². The lowest BCUT2D eigenvalue weighted by Gasteiger charge is -2.30. The number of anilines is 1. The van der Waals surface area contributed by atoms with Gasteiger partial charge in [-0.05, 0) is 44.2 Å². The summed E-state index contributed by atoms with van der Waals surface area (Å²) in [7, 11) is 1.62. The Kier molecular flexibility index (Phi) is 6.28. The van der Waals surface area contributed by atoms with Gasteiger partial charge in [-0.25, -0.2) is 4.79 Å². The van der Waals surface area contributed by atoms with Gasteiger partial charge in [0.25, 0.3) is 0 Å². The van der Waals surface area contributed by atoms with Crippen LogP contribution >= 0.6 is 0 Å². The summed E-state index contributed by atoms with van der Waals surface area (Å²) >= 11 is 0. The van der Waals surface area contributed by atoms with Gasteiger partial charge in [0.2, 0.25) is 5.91 Å². The maximum absolute atomic E-state index is 12.9. The van der Waals surface area contributed by atoms with Crippen molar-refractivity contribution in [2.24, 2.45) is 5.92 Å². The first-order valence-electron chi connectivity index (χ1n) is 8.84. The highest BCUT2D eigenvalue weighted by Gasteiger charge is 2.32. The second kappa shape index (κ2) is 8.23. The summed E-state index contributed by atoms with van der Waals surface area (Å²) in [5.74, 6) is 1.02. The predicted molar refractivity (Wildman–Crippen MR) is 99.1 cm³/mol. The van der Waals surface area contributed by atoms with Crippen LogP contribution in [0.4, 0.5) is 10.5 Å². The molecule has 6 heteroatoms. The normalized spacial score (nSPS) is 17.9. The van der Waals surface area contributed by atoms with Crippen LogP contribution in [0.3, 0.4) is 0 Å². The first-order valence-corrected chi connectivity index (χ1v) is 8.84. The van der Waals surface area contributed by atoms with Gasteiger partial charge in [-0.2, -0.15) is 0 Å². The lowest BCUT2D eigenvalue weighted by atomic mass is 10.0. The average Bonchev–Trinajstić information content (AvgIpc) is 2.72. The zero-order valence-electron chi connectivity index (χ0n) is 15.8. The van der Waals surface area contributed by atoms with Crippen LogP contribution in [0.25, 0.3) is 0 Å². The molecule has 0 aliphatic carbocycles. The fourth-order valence-electron chi connectivity index (χ4n) is 3.26. The third kappa shape index (κ3) is 4.44. The van der Waals surface area contributed by atoms with E-state index in [0.717, 1.165) is 23.3 Å². The highest BCUT2D eigenvalue weighted by Crippen LogP contribution is 2.29. The van der Waals surface area contributed by atoms with Gasteiger partial charge in [-0.1, -0.05) is 19.9 Å². The maximum Gasteiger partial charge on any atom is 0.322 e. The molecular formula is C19H29N3O3. The van der Waals surface area contributed by atoms with Gasteiger partial charge >= 0.3 is 6.03 Å². The number of ether oxygens (including phenoxy) is 1. The van der Waals surface area contributed by atoms with Crippen molar-refractivity contribution in [1.82, 2.24) is 10.2 Å². The number of nitrogens with one attached hydrogen (secondary N) is 2. The lowest BCUT2D eigenvalue weighted by molar-refractivity contribution is -0.125. The molecule has 1 aliphatic heterocycles. The van der Waals surface area contributed by atoms with Gasteiger partial charge in [0.05, 0.1) is 7.11 Å². The number of urea groups is 1. The number of hydrogen-bond acceptors (Lipinski definition) is 3. The fraction of sp³-hybridized carbons (Fsp3) is 0.579. The molecule has 1 heterocycles. The highest BCUT2D eigenvalue weighted by atomic mass is 16.5. The zero-order valence-corrected chi connectivity index (χ0v) is 15.8. The van der Waals surface area contributed by atoms with Crippen LogP contribution in [0.15, 0.2) is 12.1 Å². The molecule has 1 fully saturated rings. The summed E-state index contributed by atoms with van der Waals surface area (Å²) in [5, 5.41) is 5.87. The van der Waals surface area contributed by atoms with Crippen LogP contribution in [-0.4, -0.2) is 43.1 Å². The summed E-state index contributed by atoms with van der Waals surface area (Å²) in [5.41, 5.74) is 2.61. The summed E-state index contributed by atoms with van der Waals surface area (Å²) in [6.07, 6.45) is 1.40. The Morgan fingerprint density at radius 3 is 2.76 bits per heavy atom. The quantitative estimate of drug-likeness (QED) is 0.879. The SMILES string of the molecule is COc1c(C)ccc(NC(=O)N2CCCNC(=O)[C@H]2CC(C)C)c1C. The largest absolute Gasteiger partial charge is 0.496 e. The van der Waals surface area contributed by atoms with Crippen LogP contribution in [0, 0.1) is 19.8 Å². The summed E-state index contributed by atoms with van der Waals surface area (Å²) in [6, 6.07) is 3.12. The minimum absolute atomic E-state index is 0.0699. The van der Waals surface area contributed by atoms with Crippen LogP contribution in [-0.2, 0) is 4.79 Å². The Balaban J connectivity index is 2.24. The number of nitrogens with zero attached hydrogens (tertiary/aromatic N) is 1. The van der Waals surface area contributed by atoms with Crippen molar-refractivity contribution in [2.45, 2.75) is 46.6 Å². The van der Waals surface area contributed by atoms with Gasteiger partial charge in [-0.3, -0.25) is 4.79 Å². The maximum atomic E-state index is 12.9. The van der Waals surface area contributed by atoms with E-state index in [9.17, 15) is 9.59 Å². The average molecular weight is 347 g/mol. The van der Waals surface area contributed by atoms with Gasteiger partial charge in [0.15, 0.2) is 0 Å². The van der Waals surface area contributed by atoms with Gasteiger partial charge < -0.3 is 20.3 Å². The number of carbonyl (C=O) groups is 2. The van der Waals surface area contributed by atoms with Crippen LogP contribution in [0.5, 0.6) is 5.75 Å². The summed E-state index contributed by atoms with van der Waals surface area (Å²) in [6.45, 7) is 9.17. The molecule has 0 bridgehead atoms. The predicted octanol–water partition coefficient (Wildman–Crippen LogP) is 3.08. The molecule has 1 aliphatic rings. The number of amides is 3. The molecular weight excluding hydrogens is 318 g/mol. The molecule has 3 amide bonds. The molecule has 1 atom stereocenters. The van der Waals surface area contributed by atoms with E-state index >= 15 is 0 Å². The van der Waals surface area contributed by atoms with E-state index in [4.69, 9.17) is 4.74 Å². The fourth-order valence-corrected chi connectivity index (χ4v) is 3.26. The molecule has 0 spiro atoms. The van der Waals surface area contributed by atoms with Crippen molar-refractivity contribution in [3.05, 3.63) is 23.3 Å². The van der Waals surface area contributed by atoms with E-state index in [-0.39, 0.29) is 11.9 Å². The Bertz CT molecular complexity index is 643. The molecule has 25 heavy (non-hydrogen) atoms. The van der Waals surface area contributed by atoms with Crippen molar-refractivity contribution in [3.8, 4) is 5.75 Å². The molecule has 6 nitrogen and oxygen atoms in total. The molecule has 0 saturated carbocycles. The zero-order chi connectivity index (χ0) is 18.6. The molecule has 0 aromatic heterocycles. The lowest BCUT2D eigenvalue weighted by Crippen LogP contribution is -2.49. The Morgan fingerprint density at radius 2 is 2.12 bits per heavy atom. The minimum Gasteiger partial charge on any atom is -0.496 e. The Labute approximate surface area is 149 Å². The molecule has 2 N–H and O–H groups in total. The standard InChI is InChI=1S/C19H29N3O3/c1-12(2)11-16-18(23)20-9-6-10-22(16)19(24)21-15-8-7-13(3)17(25-5)14(15)4/h7-8,12,16H,6,9-11H2,1-5H3,(H,20,23)(H,21,24)/t16-/m1/s1. The van der Waals surface area contributed by atoms with E-state index in [0.29, 0.717) is 31.1 Å². The molecule has 138 valence electrons. The number of hydrogen-bond donors (Lipinski definition) is 2. The van der Waals surface area contributed by atoms with Crippen molar-refractivity contribution < 1.29 is 14.3 Å². The van der Waals surface area contributed by atoms with Crippen molar-refractivity contribution >= 4 is 17.6 Å².